The van der Waals surface area contributed by atoms with E-state index in [1.54, 1.807) is 6.07 Å². The number of nitrogens with zero attached hydrogens (tertiary/aromatic N) is 1. The smallest absolute Gasteiger partial charge is 0.253 e. The Morgan fingerprint density at radius 3 is 2.78 bits per heavy atom. The van der Waals surface area contributed by atoms with E-state index >= 15 is 0 Å². The first-order valence-corrected chi connectivity index (χ1v) is 7.64. The second-order valence-corrected chi connectivity index (χ2v) is 7.29. The Morgan fingerprint density at radius 2 is 2.22 bits per heavy atom. The van der Waals surface area contributed by atoms with Crippen molar-refractivity contribution < 1.29 is 10.0 Å². The number of nitrogens with two attached hydrogens (primary N) is 1. The molecule has 18 heavy (non-hydrogen) atoms. The van der Waals surface area contributed by atoms with Crippen molar-refractivity contribution >= 4 is 54.9 Å². The van der Waals surface area contributed by atoms with E-state index < -0.39 is 0 Å². The molecule has 0 aromatic carbocycles. The fourth-order valence-corrected chi connectivity index (χ4v) is 4.07. The Bertz CT molecular complexity index is 448. The van der Waals surface area contributed by atoms with Gasteiger partial charge in [0.15, 0.2) is 0 Å². The van der Waals surface area contributed by atoms with E-state index in [1.807, 2.05) is 0 Å². The van der Waals surface area contributed by atoms with Gasteiger partial charge in [-0.3, -0.25) is 4.79 Å². The molecule has 0 saturated heterocycles. The van der Waals surface area contributed by atoms with E-state index in [2.05, 4.69) is 42.3 Å². The Hall–Kier alpha value is -0.600. The molecule has 0 spiro atoms. The van der Waals surface area contributed by atoms with Crippen LogP contribution in [0, 0.1) is 0 Å². The molecule has 0 aliphatic carbocycles. The second-order valence-electron chi connectivity index (χ2n) is 3.54. The third kappa shape index (κ3) is 4.95. The zero-order valence-corrected chi connectivity index (χ0v) is 13.4. The van der Waals surface area contributed by atoms with Gasteiger partial charge < -0.3 is 16.3 Å². The summed E-state index contributed by atoms with van der Waals surface area (Å²) < 4.78 is 1.72. The van der Waals surface area contributed by atoms with E-state index in [1.165, 1.54) is 11.3 Å². The Labute approximate surface area is 126 Å². The molecular formula is C10H13Br2N3O2S. The summed E-state index contributed by atoms with van der Waals surface area (Å²) in [6.07, 6.45) is 2.08. The predicted octanol–water partition coefficient (Wildman–Crippen LogP) is 2.92. The zero-order valence-electron chi connectivity index (χ0n) is 9.45. The number of nitrogens with one attached hydrogen (secondary N) is 1. The van der Waals surface area contributed by atoms with Gasteiger partial charge in [-0.1, -0.05) is 5.16 Å². The number of halogens is 2. The molecule has 1 aromatic rings. The molecule has 0 unspecified atom stereocenters. The normalized spacial score (nSPS) is 11.6. The Balaban J connectivity index is 2.28. The van der Waals surface area contributed by atoms with Gasteiger partial charge in [0.1, 0.15) is 5.84 Å². The molecule has 5 nitrogen and oxygen atoms in total. The van der Waals surface area contributed by atoms with Gasteiger partial charge in [-0.05, 0) is 50.8 Å². The van der Waals surface area contributed by atoms with E-state index in [9.17, 15) is 4.79 Å². The summed E-state index contributed by atoms with van der Waals surface area (Å²) in [5, 5.41) is 14.0. The first kappa shape index (κ1) is 15.5. The first-order valence-electron chi connectivity index (χ1n) is 5.24. The van der Waals surface area contributed by atoms with Crippen LogP contribution < -0.4 is 11.1 Å². The number of oxime groups is 1. The molecule has 0 aliphatic rings. The molecular weight excluding hydrogens is 386 g/mol. The topological polar surface area (TPSA) is 87.7 Å². The number of carbonyl (C=O) groups excluding carboxylic acids is 1. The number of carbonyl (C=O) groups is 1. The van der Waals surface area contributed by atoms with Crippen LogP contribution in [0.1, 0.15) is 29.6 Å². The molecule has 0 saturated carbocycles. The molecule has 1 aromatic heterocycles. The fraction of sp³-hybridized carbons (Fsp3) is 0.400. The molecule has 8 heteroatoms. The molecule has 0 fully saturated rings. The number of amides is 1. The van der Waals surface area contributed by atoms with Crippen molar-refractivity contribution in [2.45, 2.75) is 19.3 Å². The maximum Gasteiger partial charge on any atom is 0.253 e. The summed E-state index contributed by atoms with van der Waals surface area (Å²) in [7, 11) is 0. The lowest BCUT2D eigenvalue weighted by molar-refractivity contribution is 0.0953. The van der Waals surface area contributed by atoms with Gasteiger partial charge in [-0.15, -0.1) is 11.3 Å². The highest BCUT2D eigenvalue weighted by molar-refractivity contribution is 9.12. The number of unbranched alkanes of at least 4 members (excludes halogenated alkanes) is 1. The lowest BCUT2D eigenvalue weighted by atomic mass is 10.2. The number of amidine groups is 1. The molecule has 0 radical (unpaired) electrons. The number of hydrogen-bond acceptors (Lipinski definition) is 4. The maximum absolute atomic E-state index is 11.8. The minimum Gasteiger partial charge on any atom is -0.409 e. The zero-order chi connectivity index (χ0) is 13.5. The highest BCUT2D eigenvalue weighted by Crippen LogP contribution is 2.31. The average molecular weight is 399 g/mol. The van der Waals surface area contributed by atoms with Crippen molar-refractivity contribution in [3.05, 3.63) is 19.2 Å². The van der Waals surface area contributed by atoms with Crippen molar-refractivity contribution in [1.82, 2.24) is 5.32 Å². The van der Waals surface area contributed by atoms with E-state index in [4.69, 9.17) is 10.9 Å². The van der Waals surface area contributed by atoms with Gasteiger partial charge in [-0.2, -0.15) is 0 Å². The molecule has 0 aliphatic heterocycles. The first-order chi connectivity index (χ1) is 8.54. The third-order valence-corrected chi connectivity index (χ3v) is 4.51. The van der Waals surface area contributed by atoms with Gasteiger partial charge in [-0.25, -0.2) is 0 Å². The van der Waals surface area contributed by atoms with E-state index in [-0.39, 0.29) is 11.7 Å². The van der Waals surface area contributed by atoms with Gasteiger partial charge in [0.25, 0.3) is 5.91 Å². The van der Waals surface area contributed by atoms with Crippen molar-refractivity contribution in [3.8, 4) is 0 Å². The molecule has 100 valence electrons. The summed E-state index contributed by atoms with van der Waals surface area (Å²) in [6, 6.07) is 1.78. The van der Waals surface area contributed by atoms with Crippen molar-refractivity contribution in [3.63, 3.8) is 0 Å². The van der Waals surface area contributed by atoms with Crippen LogP contribution in [0.4, 0.5) is 0 Å². The standard InChI is InChI=1S/C10H13Br2N3O2S/c11-7-5-6(9(12)18-7)10(16)14-4-2-1-3-8(13)15-17/h5,17H,1-4H2,(H2,13,15)(H,14,16). The van der Waals surface area contributed by atoms with Crippen LogP contribution in [-0.2, 0) is 0 Å². The summed E-state index contributed by atoms with van der Waals surface area (Å²) >= 11 is 8.12. The molecule has 0 atom stereocenters. The number of thiophene rings is 1. The van der Waals surface area contributed by atoms with Crippen LogP contribution in [0.3, 0.4) is 0 Å². The van der Waals surface area contributed by atoms with Crippen LogP contribution in [-0.4, -0.2) is 23.5 Å². The highest BCUT2D eigenvalue weighted by Gasteiger charge is 2.12. The van der Waals surface area contributed by atoms with Crippen LogP contribution in [0.25, 0.3) is 0 Å². The van der Waals surface area contributed by atoms with Gasteiger partial charge in [0.05, 0.1) is 13.1 Å². The third-order valence-electron chi connectivity index (χ3n) is 2.18. The van der Waals surface area contributed by atoms with Gasteiger partial charge in [0, 0.05) is 13.0 Å². The summed E-state index contributed by atoms with van der Waals surface area (Å²) in [6.45, 7) is 0.567. The summed E-state index contributed by atoms with van der Waals surface area (Å²) in [4.78, 5) is 11.8. The summed E-state index contributed by atoms with van der Waals surface area (Å²) in [5.41, 5.74) is 5.96. The van der Waals surface area contributed by atoms with E-state index in [0.29, 0.717) is 18.5 Å². The second kappa shape index (κ2) is 7.75. The highest BCUT2D eigenvalue weighted by atomic mass is 79.9. The Morgan fingerprint density at radius 1 is 1.50 bits per heavy atom. The van der Waals surface area contributed by atoms with Crippen molar-refractivity contribution in [2.75, 3.05) is 6.54 Å². The lowest BCUT2D eigenvalue weighted by Gasteiger charge is -2.04. The van der Waals surface area contributed by atoms with E-state index in [0.717, 1.165) is 20.4 Å². The minimum absolute atomic E-state index is 0.104. The van der Waals surface area contributed by atoms with Crippen LogP contribution in [0.15, 0.2) is 18.8 Å². The SMILES string of the molecule is N/C(CCCCNC(=O)c1cc(Br)sc1Br)=N/O. The van der Waals surface area contributed by atoms with Crippen molar-refractivity contribution in [1.29, 1.82) is 0 Å². The molecule has 1 rings (SSSR count). The largest absolute Gasteiger partial charge is 0.409 e. The molecule has 4 N–H and O–H groups in total. The average Bonchev–Trinajstić information content (AvgIpc) is 2.67. The fourth-order valence-electron chi connectivity index (χ4n) is 1.27. The molecule has 1 heterocycles. The quantitative estimate of drug-likeness (QED) is 0.226. The van der Waals surface area contributed by atoms with Gasteiger partial charge in [0.2, 0.25) is 0 Å². The molecule has 1 amide bonds. The Kier molecular flexibility index (Phi) is 6.66. The number of rotatable bonds is 6. The number of hydrogen-bond donors (Lipinski definition) is 3. The van der Waals surface area contributed by atoms with Crippen LogP contribution in [0.2, 0.25) is 0 Å². The lowest BCUT2D eigenvalue weighted by Crippen LogP contribution is -2.24. The minimum atomic E-state index is -0.104. The van der Waals surface area contributed by atoms with Crippen LogP contribution >= 0.6 is 43.2 Å². The van der Waals surface area contributed by atoms with Crippen molar-refractivity contribution in [2.24, 2.45) is 10.9 Å². The monoisotopic (exact) mass is 397 g/mol. The van der Waals surface area contributed by atoms with Crippen LogP contribution in [0.5, 0.6) is 0 Å². The summed E-state index contributed by atoms with van der Waals surface area (Å²) in [5.74, 6) is 0.110. The maximum atomic E-state index is 11.8. The van der Waals surface area contributed by atoms with Gasteiger partial charge >= 0.3 is 0 Å². The molecule has 0 bridgehead atoms. The predicted molar refractivity (Wildman–Crippen MR) is 79.3 cm³/mol.